The van der Waals surface area contributed by atoms with Crippen molar-refractivity contribution in [2.75, 3.05) is 0 Å². The van der Waals surface area contributed by atoms with E-state index in [0.29, 0.717) is 12.0 Å². The Bertz CT molecular complexity index is 227. The van der Waals surface area contributed by atoms with Gasteiger partial charge in [0.05, 0.1) is 5.60 Å². The van der Waals surface area contributed by atoms with Gasteiger partial charge in [-0.1, -0.05) is 18.9 Å². The maximum atomic E-state index is 9.83. The van der Waals surface area contributed by atoms with Crippen LogP contribution in [0.4, 0.5) is 0 Å². The molecule has 1 aliphatic heterocycles. The molecule has 2 rings (SSSR count). The molecule has 0 saturated heterocycles. The van der Waals surface area contributed by atoms with Crippen LogP contribution in [0.1, 0.15) is 39.5 Å². The molecule has 2 heteroatoms. The molecule has 2 nitrogen and oxygen atoms in total. The summed E-state index contributed by atoms with van der Waals surface area (Å²) in [6, 6.07) is 0.607. The lowest BCUT2D eigenvalue weighted by molar-refractivity contribution is 0.111. The molecule has 1 heterocycles. The second kappa shape index (κ2) is 3.02. The minimum Gasteiger partial charge on any atom is -0.384 e. The zero-order valence-corrected chi connectivity index (χ0v) is 8.51. The lowest BCUT2D eigenvalue weighted by Crippen LogP contribution is -2.36. The Morgan fingerprint density at radius 1 is 1.38 bits per heavy atom. The van der Waals surface area contributed by atoms with E-state index in [0.717, 1.165) is 5.70 Å². The Morgan fingerprint density at radius 3 is 2.69 bits per heavy atom. The lowest BCUT2D eigenvalue weighted by atomic mass is 9.86. The van der Waals surface area contributed by atoms with Crippen LogP contribution < -0.4 is 5.32 Å². The fourth-order valence-electron chi connectivity index (χ4n) is 2.38. The van der Waals surface area contributed by atoms with Gasteiger partial charge in [0.25, 0.3) is 0 Å². The quantitative estimate of drug-likeness (QED) is 0.646. The molecule has 1 aliphatic carbocycles. The molecule has 0 radical (unpaired) electrons. The van der Waals surface area contributed by atoms with E-state index in [1.807, 2.05) is 13.8 Å². The highest BCUT2D eigenvalue weighted by Gasteiger charge is 2.34. The summed E-state index contributed by atoms with van der Waals surface area (Å²) >= 11 is 0. The molecule has 2 aliphatic rings. The van der Waals surface area contributed by atoms with E-state index < -0.39 is 5.60 Å². The molecule has 1 saturated carbocycles. The van der Waals surface area contributed by atoms with Crippen LogP contribution >= 0.6 is 0 Å². The van der Waals surface area contributed by atoms with Gasteiger partial charge in [-0.15, -0.1) is 0 Å². The molecule has 0 aromatic carbocycles. The van der Waals surface area contributed by atoms with Crippen molar-refractivity contribution in [1.29, 1.82) is 0 Å². The Hall–Kier alpha value is -0.500. The molecule has 1 fully saturated rings. The van der Waals surface area contributed by atoms with Crippen molar-refractivity contribution in [3.63, 3.8) is 0 Å². The summed E-state index contributed by atoms with van der Waals surface area (Å²) in [4.78, 5) is 0. The third kappa shape index (κ3) is 1.73. The third-order valence-electron chi connectivity index (χ3n) is 3.20. The molecule has 0 spiro atoms. The summed E-state index contributed by atoms with van der Waals surface area (Å²) in [5.41, 5.74) is 0.349. The van der Waals surface area contributed by atoms with Gasteiger partial charge in [0.2, 0.25) is 0 Å². The third-order valence-corrected chi connectivity index (χ3v) is 3.20. The molecule has 0 aromatic heterocycles. The molecule has 0 aromatic rings. The number of fused-ring (bicyclic) bond motifs is 1. The standard InChI is InChI=1S/C11H19NO/c1-11(2,13)10-7-8-5-3-4-6-9(8)12-10/h7-9,12-13H,3-6H2,1-2H3. The molecular weight excluding hydrogens is 162 g/mol. The second-order valence-corrected chi connectivity index (χ2v) is 4.84. The summed E-state index contributed by atoms with van der Waals surface area (Å²) in [6.07, 6.45) is 7.47. The van der Waals surface area contributed by atoms with Crippen molar-refractivity contribution in [2.24, 2.45) is 5.92 Å². The zero-order chi connectivity index (χ0) is 9.47. The van der Waals surface area contributed by atoms with Crippen molar-refractivity contribution in [2.45, 2.75) is 51.2 Å². The number of nitrogens with one attached hydrogen (secondary N) is 1. The van der Waals surface area contributed by atoms with E-state index in [1.165, 1.54) is 25.7 Å². The van der Waals surface area contributed by atoms with E-state index in [9.17, 15) is 5.11 Å². The number of hydrogen-bond acceptors (Lipinski definition) is 2. The molecule has 13 heavy (non-hydrogen) atoms. The van der Waals surface area contributed by atoms with Crippen molar-refractivity contribution < 1.29 is 5.11 Å². The highest BCUT2D eigenvalue weighted by molar-refractivity contribution is 5.21. The van der Waals surface area contributed by atoms with E-state index in [-0.39, 0.29) is 0 Å². The van der Waals surface area contributed by atoms with Gasteiger partial charge in [-0.25, -0.2) is 0 Å². The monoisotopic (exact) mass is 181 g/mol. The van der Waals surface area contributed by atoms with E-state index >= 15 is 0 Å². The zero-order valence-electron chi connectivity index (χ0n) is 8.51. The average Bonchev–Trinajstić information content (AvgIpc) is 2.45. The number of hydrogen-bond donors (Lipinski definition) is 2. The van der Waals surface area contributed by atoms with Gasteiger partial charge in [0.1, 0.15) is 0 Å². The highest BCUT2D eigenvalue weighted by atomic mass is 16.3. The molecule has 0 bridgehead atoms. The van der Waals surface area contributed by atoms with Gasteiger partial charge < -0.3 is 10.4 Å². The van der Waals surface area contributed by atoms with Gasteiger partial charge in [-0.3, -0.25) is 0 Å². The average molecular weight is 181 g/mol. The van der Waals surface area contributed by atoms with Crippen LogP contribution in [-0.2, 0) is 0 Å². The molecular formula is C11H19NO. The molecule has 74 valence electrons. The first-order valence-corrected chi connectivity index (χ1v) is 5.28. The van der Waals surface area contributed by atoms with Crippen LogP contribution in [0.15, 0.2) is 11.8 Å². The van der Waals surface area contributed by atoms with Crippen molar-refractivity contribution >= 4 is 0 Å². The molecule has 2 unspecified atom stereocenters. The number of rotatable bonds is 1. The van der Waals surface area contributed by atoms with Gasteiger partial charge in [0.15, 0.2) is 0 Å². The summed E-state index contributed by atoms with van der Waals surface area (Å²) in [7, 11) is 0. The van der Waals surface area contributed by atoms with Gasteiger partial charge in [-0.05, 0) is 32.6 Å². The van der Waals surface area contributed by atoms with E-state index in [1.54, 1.807) is 0 Å². The van der Waals surface area contributed by atoms with E-state index in [2.05, 4.69) is 11.4 Å². The topological polar surface area (TPSA) is 32.3 Å². The van der Waals surface area contributed by atoms with Gasteiger partial charge in [0, 0.05) is 11.7 Å². The Morgan fingerprint density at radius 2 is 2.08 bits per heavy atom. The minimum absolute atomic E-state index is 0.607. The smallest absolute Gasteiger partial charge is 0.0981 e. The van der Waals surface area contributed by atoms with Crippen LogP contribution in [0.5, 0.6) is 0 Å². The summed E-state index contributed by atoms with van der Waals surface area (Å²) in [5.74, 6) is 0.676. The second-order valence-electron chi connectivity index (χ2n) is 4.84. The van der Waals surface area contributed by atoms with Crippen LogP contribution in [0.25, 0.3) is 0 Å². The van der Waals surface area contributed by atoms with E-state index in [4.69, 9.17) is 0 Å². The maximum absolute atomic E-state index is 9.83. The normalized spacial score (nSPS) is 33.6. The minimum atomic E-state index is -0.683. The number of aliphatic hydroxyl groups is 1. The van der Waals surface area contributed by atoms with Crippen molar-refractivity contribution in [3.8, 4) is 0 Å². The fraction of sp³-hybridized carbons (Fsp3) is 0.818. The molecule has 2 N–H and O–H groups in total. The molecule has 2 atom stereocenters. The first-order valence-electron chi connectivity index (χ1n) is 5.28. The Kier molecular flexibility index (Phi) is 2.11. The largest absolute Gasteiger partial charge is 0.384 e. The summed E-state index contributed by atoms with van der Waals surface area (Å²) in [5, 5.41) is 13.3. The van der Waals surface area contributed by atoms with Crippen LogP contribution in [0, 0.1) is 5.92 Å². The predicted molar refractivity (Wildman–Crippen MR) is 53.3 cm³/mol. The Labute approximate surface area is 80.0 Å². The molecule has 0 amide bonds. The summed E-state index contributed by atoms with van der Waals surface area (Å²) < 4.78 is 0. The van der Waals surface area contributed by atoms with Crippen LogP contribution in [0.2, 0.25) is 0 Å². The fourth-order valence-corrected chi connectivity index (χ4v) is 2.38. The van der Waals surface area contributed by atoms with Crippen molar-refractivity contribution in [1.82, 2.24) is 5.32 Å². The summed E-state index contributed by atoms with van der Waals surface area (Å²) in [6.45, 7) is 3.70. The van der Waals surface area contributed by atoms with Crippen molar-refractivity contribution in [3.05, 3.63) is 11.8 Å². The predicted octanol–water partition coefficient (Wildman–Crippen LogP) is 1.80. The van der Waals surface area contributed by atoms with Crippen LogP contribution in [0.3, 0.4) is 0 Å². The van der Waals surface area contributed by atoms with Gasteiger partial charge in [-0.2, -0.15) is 0 Å². The highest BCUT2D eigenvalue weighted by Crippen LogP contribution is 2.33. The van der Waals surface area contributed by atoms with Gasteiger partial charge >= 0.3 is 0 Å². The first-order chi connectivity index (χ1) is 6.07. The first kappa shape index (κ1) is 9.07. The SMILES string of the molecule is CC(C)(O)C1=CC2CCCCC2N1. The van der Waals surface area contributed by atoms with Crippen LogP contribution in [-0.4, -0.2) is 16.7 Å². The lowest BCUT2D eigenvalue weighted by Gasteiger charge is -2.26. The maximum Gasteiger partial charge on any atom is 0.0981 e. The Balaban J connectivity index is 2.09.